The molecule has 0 unspecified atom stereocenters. The minimum Gasteiger partial charge on any atom is -0.322 e. The minimum absolute atomic E-state index is 0.0559. The van der Waals surface area contributed by atoms with Crippen LogP contribution >= 0.6 is 22.3 Å². The molecule has 110 valence electrons. The Hall–Kier alpha value is -1.56. The standard InChI is InChI=1S/C14H11Cl2NO3S/c1-9-2-5-11(15)8-13(9)17-14(18)10-3-6-12(7-4-10)21(16,19)20/h2-8H,1H3,(H,17,18). The van der Waals surface area contributed by atoms with Crippen molar-refractivity contribution in [1.29, 1.82) is 0 Å². The second-order valence-corrected chi connectivity index (χ2v) is 7.38. The second-order valence-electron chi connectivity index (χ2n) is 4.38. The van der Waals surface area contributed by atoms with Gasteiger partial charge < -0.3 is 5.32 Å². The number of benzene rings is 2. The molecule has 4 nitrogen and oxygen atoms in total. The maximum atomic E-state index is 12.1. The van der Waals surface area contributed by atoms with Crippen molar-refractivity contribution >= 4 is 42.9 Å². The number of halogens is 2. The molecule has 21 heavy (non-hydrogen) atoms. The van der Waals surface area contributed by atoms with E-state index in [-0.39, 0.29) is 10.8 Å². The molecule has 0 radical (unpaired) electrons. The van der Waals surface area contributed by atoms with Crippen molar-refractivity contribution in [3.05, 3.63) is 58.6 Å². The van der Waals surface area contributed by atoms with Crippen molar-refractivity contribution in [3.63, 3.8) is 0 Å². The van der Waals surface area contributed by atoms with E-state index in [4.69, 9.17) is 22.3 Å². The number of amides is 1. The summed E-state index contributed by atoms with van der Waals surface area (Å²) < 4.78 is 22.3. The first-order chi connectivity index (χ1) is 9.77. The normalized spacial score (nSPS) is 11.2. The fourth-order valence-electron chi connectivity index (χ4n) is 1.69. The maximum Gasteiger partial charge on any atom is 0.261 e. The van der Waals surface area contributed by atoms with Gasteiger partial charge in [-0.3, -0.25) is 4.79 Å². The van der Waals surface area contributed by atoms with E-state index in [0.717, 1.165) is 5.56 Å². The zero-order chi connectivity index (χ0) is 15.6. The summed E-state index contributed by atoms with van der Waals surface area (Å²) >= 11 is 5.88. The highest BCUT2D eigenvalue weighted by molar-refractivity contribution is 8.13. The van der Waals surface area contributed by atoms with Gasteiger partial charge in [0.15, 0.2) is 0 Å². The third-order valence-electron chi connectivity index (χ3n) is 2.85. The summed E-state index contributed by atoms with van der Waals surface area (Å²) in [7, 11) is 1.42. The van der Waals surface area contributed by atoms with Crippen LogP contribution in [0.15, 0.2) is 47.4 Å². The van der Waals surface area contributed by atoms with E-state index in [0.29, 0.717) is 16.3 Å². The Morgan fingerprint density at radius 2 is 1.71 bits per heavy atom. The Morgan fingerprint density at radius 3 is 2.29 bits per heavy atom. The van der Waals surface area contributed by atoms with Crippen LogP contribution in [0.1, 0.15) is 15.9 Å². The Morgan fingerprint density at radius 1 is 1.10 bits per heavy atom. The molecule has 0 atom stereocenters. The van der Waals surface area contributed by atoms with Crippen LogP contribution in [0, 0.1) is 6.92 Å². The quantitative estimate of drug-likeness (QED) is 0.861. The van der Waals surface area contributed by atoms with Crippen molar-refractivity contribution < 1.29 is 13.2 Å². The lowest BCUT2D eigenvalue weighted by Crippen LogP contribution is -2.12. The predicted octanol–water partition coefficient (Wildman–Crippen LogP) is 3.83. The third kappa shape index (κ3) is 3.97. The highest BCUT2D eigenvalue weighted by Gasteiger charge is 2.12. The molecule has 0 saturated heterocycles. The summed E-state index contributed by atoms with van der Waals surface area (Å²) in [4.78, 5) is 12.0. The fraction of sp³-hybridized carbons (Fsp3) is 0.0714. The first kappa shape index (κ1) is 15.8. The Bertz CT molecular complexity index is 786. The van der Waals surface area contributed by atoms with Crippen LogP contribution in [0.5, 0.6) is 0 Å². The monoisotopic (exact) mass is 343 g/mol. The summed E-state index contributed by atoms with van der Waals surface area (Å²) in [6.07, 6.45) is 0. The van der Waals surface area contributed by atoms with Gasteiger partial charge in [0.05, 0.1) is 4.90 Å². The summed E-state index contributed by atoms with van der Waals surface area (Å²) in [6, 6.07) is 10.5. The van der Waals surface area contributed by atoms with E-state index in [1.54, 1.807) is 18.2 Å². The molecule has 0 aliphatic carbocycles. The zero-order valence-corrected chi connectivity index (χ0v) is 13.3. The number of aryl methyl sites for hydroxylation is 1. The maximum absolute atomic E-state index is 12.1. The van der Waals surface area contributed by atoms with Crippen LogP contribution in [-0.2, 0) is 9.05 Å². The number of anilines is 1. The highest BCUT2D eigenvalue weighted by Crippen LogP contribution is 2.21. The predicted molar refractivity (Wildman–Crippen MR) is 83.6 cm³/mol. The SMILES string of the molecule is Cc1ccc(Cl)cc1NC(=O)c1ccc(S(=O)(=O)Cl)cc1. The van der Waals surface area contributed by atoms with Crippen LogP contribution < -0.4 is 5.32 Å². The second kappa shape index (κ2) is 6.05. The Labute approximate surface area is 132 Å². The third-order valence-corrected chi connectivity index (χ3v) is 4.45. The van der Waals surface area contributed by atoms with Gasteiger partial charge in [0.1, 0.15) is 0 Å². The van der Waals surface area contributed by atoms with Crippen LogP contribution in [-0.4, -0.2) is 14.3 Å². The molecule has 0 spiro atoms. The van der Waals surface area contributed by atoms with Crippen LogP contribution in [0.4, 0.5) is 5.69 Å². The molecular weight excluding hydrogens is 333 g/mol. The smallest absolute Gasteiger partial charge is 0.261 e. The van der Waals surface area contributed by atoms with Crippen molar-refractivity contribution in [3.8, 4) is 0 Å². The number of nitrogens with one attached hydrogen (secondary N) is 1. The van der Waals surface area contributed by atoms with Gasteiger partial charge in [-0.05, 0) is 48.9 Å². The largest absolute Gasteiger partial charge is 0.322 e. The summed E-state index contributed by atoms with van der Waals surface area (Å²) in [5.41, 5.74) is 1.78. The molecule has 0 heterocycles. The molecule has 0 aromatic heterocycles. The van der Waals surface area contributed by atoms with Crippen molar-refractivity contribution in [2.45, 2.75) is 11.8 Å². The van der Waals surface area contributed by atoms with E-state index in [9.17, 15) is 13.2 Å². The molecule has 2 aromatic carbocycles. The van der Waals surface area contributed by atoms with Gasteiger partial charge in [-0.2, -0.15) is 0 Å². The summed E-state index contributed by atoms with van der Waals surface area (Å²) in [5, 5.41) is 3.23. The van der Waals surface area contributed by atoms with Gasteiger partial charge in [-0.1, -0.05) is 17.7 Å². The van der Waals surface area contributed by atoms with Crippen LogP contribution in [0.3, 0.4) is 0 Å². The first-order valence-corrected chi connectivity index (χ1v) is 8.58. The van der Waals surface area contributed by atoms with Gasteiger partial charge in [-0.15, -0.1) is 0 Å². The molecule has 1 N–H and O–H groups in total. The van der Waals surface area contributed by atoms with E-state index in [2.05, 4.69) is 5.32 Å². The lowest BCUT2D eigenvalue weighted by Gasteiger charge is -2.09. The molecule has 0 aliphatic heterocycles. The van der Waals surface area contributed by atoms with E-state index >= 15 is 0 Å². The molecule has 0 saturated carbocycles. The Balaban J connectivity index is 2.23. The summed E-state index contributed by atoms with van der Waals surface area (Å²) in [5.74, 6) is -0.362. The van der Waals surface area contributed by atoms with E-state index in [1.807, 2.05) is 6.92 Å². The topological polar surface area (TPSA) is 63.2 Å². The Kier molecular flexibility index (Phi) is 4.56. The molecule has 7 heteroatoms. The number of rotatable bonds is 3. The minimum atomic E-state index is -3.79. The van der Waals surface area contributed by atoms with Gasteiger partial charge in [0.25, 0.3) is 15.0 Å². The molecular formula is C14H11Cl2NO3S. The highest BCUT2D eigenvalue weighted by atomic mass is 35.7. The summed E-state index contributed by atoms with van der Waals surface area (Å²) in [6.45, 7) is 1.84. The molecule has 0 aliphatic rings. The van der Waals surface area contributed by atoms with Gasteiger partial charge in [-0.25, -0.2) is 8.42 Å². The number of hydrogen-bond donors (Lipinski definition) is 1. The van der Waals surface area contributed by atoms with Crippen LogP contribution in [0.25, 0.3) is 0 Å². The molecule has 2 rings (SSSR count). The number of carbonyl (C=O) groups excluding carboxylic acids is 1. The molecule has 1 amide bonds. The van der Waals surface area contributed by atoms with Crippen molar-refractivity contribution in [1.82, 2.24) is 0 Å². The van der Waals surface area contributed by atoms with Crippen molar-refractivity contribution in [2.75, 3.05) is 5.32 Å². The number of carbonyl (C=O) groups is 1. The fourth-order valence-corrected chi connectivity index (χ4v) is 2.63. The average molecular weight is 344 g/mol. The van der Waals surface area contributed by atoms with Crippen molar-refractivity contribution in [2.24, 2.45) is 0 Å². The molecule has 0 fully saturated rings. The van der Waals surface area contributed by atoms with Gasteiger partial charge in [0.2, 0.25) is 0 Å². The van der Waals surface area contributed by atoms with Gasteiger partial charge in [0, 0.05) is 27.0 Å². The van der Waals surface area contributed by atoms with E-state index < -0.39 is 9.05 Å². The van der Waals surface area contributed by atoms with Gasteiger partial charge >= 0.3 is 0 Å². The lowest BCUT2D eigenvalue weighted by atomic mass is 10.1. The zero-order valence-electron chi connectivity index (χ0n) is 10.9. The lowest BCUT2D eigenvalue weighted by molar-refractivity contribution is 0.102. The first-order valence-electron chi connectivity index (χ1n) is 5.89. The molecule has 2 aromatic rings. The average Bonchev–Trinajstić information content (AvgIpc) is 2.42. The number of hydrogen-bond acceptors (Lipinski definition) is 3. The van der Waals surface area contributed by atoms with E-state index in [1.165, 1.54) is 24.3 Å². The van der Waals surface area contributed by atoms with Crippen LogP contribution in [0.2, 0.25) is 5.02 Å². The molecule has 0 bridgehead atoms.